The SMILES string of the molecule is CC1(O)CCN(C(=O)C2C(C(=O)O)C2(C)C)C1. The van der Waals surface area contributed by atoms with Crippen LogP contribution in [0.3, 0.4) is 0 Å². The van der Waals surface area contributed by atoms with Gasteiger partial charge in [0, 0.05) is 13.1 Å². The van der Waals surface area contributed by atoms with Crippen LogP contribution in [0.5, 0.6) is 0 Å². The number of β-amino-alcohol motifs (C(OH)–C–C–N with tert-alkyl or cyclic N) is 1. The molecule has 5 heteroatoms. The number of carbonyl (C=O) groups excluding carboxylic acids is 1. The number of hydrogen-bond acceptors (Lipinski definition) is 3. The molecule has 2 rings (SSSR count). The number of rotatable bonds is 2. The van der Waals surface area contributed by atoms with Gasteiger partial charge in [-0.2, -0.15) is 0 Å². The Bertz CT molecular complexity index is 375. The van der Waals surface area contributed by atoms with Crippen LogP contribution in [0.25, 0.3) is 0 Å². The Morgan fingerprint density at radius 1 is 1.24 bits per heavy atom. The van der Waals surface area contributed by atoms with Crippen molar-refractivity contribution in [2.75, 3.05) is 13.1 Å². The molecule has 1 aliphatic heterocycles. The third-order valence-electron chi connectivity index (χ3n) is 4.12. The predicted molar refractivity (Wildman–Crippen MR) is 60.2 cm³/mol. The first-order valence-electron chi connectivity index (χ1n) is 5.91. The zero-order valence-electron chi connectivity index (χ0n) is 10.4. The summed E-state index contributed by atoms with van der Waals surface area (Å²) in [6.45, 7) is 6.15. The fourth-order valence-corrected chi connectivity index (χ4v) is 2.89. The number of carboxylic acid groups (broad SMARTS) is 1. The quantitative estimate of drug-likeness (QED) is 0.730. The van der Waals surface area contributed by atoms with Crippen LogP contribution < -0.4 is 0 Å². The van der Waals surface area contributed by atoms with E-state index in [0.717, 1.165) is 0 Å². The molecule has 0 aromatic rings. The standard InChI is InChI=1S/C12H19NO4/c1-11(2)7(8(11)10(15)16)9(14)13-5-4-12(3,17)6-13/h7-8,17H,4-6H2,1-3H3,(H,15,16). The van der Waals surface area contributed by atoms with Gasteiger partial charge in [0.05, 0.1) is 17.4 Å². The van der Waals surface area contributed by atoms with Crippen LogP contribution in [-0.4, -0.2) is 45.7 Å². The summed E-state index contributed by atoms with van der Waals surface area (Å²) in [5.41, 5.74) is -1.29. The van der Waals surface area contributed by atoms with E-state index in [2.05, 4.69) is 0 Å². The average molecular weight is 241 g/mol. The molecular weight excluding hydrogens is 222 g/mol. The summed E-state index contributed by atoms with van der Waals surface area (Å²) in [7, 11) is 0. The van der Waals surface area contributed by atoms with Gasteiger partial charge in [0.1, 0.15) is 0 Å². The van der Waals surface area contributed by atoms with Crippen LogP contribution in [0.4, 0.5) is 0 Å². The highest BCUT2D eigenvalue weighted by atomic mass is 16.4. The van der Waals surface area contributed by atoms with Crippen molar-refractivity contribution in [3.63, 3.8) is 0 Å². The minimum Gasteiger partial charge on any atom is -0.481 e. The van der Waals surface area contributed by atoms with E-state index in [4.69, 9.17) is 5.11 Å². The van der Waals surface area contributed by atoms with Gasteiger partial charge in [-0.05, 0) is 18.8 Å². The maximum atomic E-state index is 12.2. The number of aliphatic hydroxyl groups is 1. The van der Waals surface area contributed by atoms with Crippen molar-refractivity contribution in [2.24, 2.45) is 17.3 Å². The fourth-order valence-electron chi connectivity index (χ4n) is 2.89. The minimum atomic E-state index is -0.903. The highest BCUT2D eigenvalue weighted by molar-refractivity contribution is 5.91. The molecule has 17 heavy (non-hydrogen) atoms. The summed E-state index contributed by atoms with van der Waals surface area (Å²) in [4.78, 5) is 24.8. The van der Waals surface area contributed by atoms with Crippen LogP contribution in [-0.2, 0) is 9.59 Å². The molecule has 1 saturated heterocycles. The lowest BCUT2D eigenvalue weighted by molar-refractivity contribution is -0.142. The molecule has 2 aliphatic rings. The van der Waals surface area contributed by atoms with E-state index in [1.807, 2.05) is 13.8 Å². The van der Waals surface area contributed by atoms with Crippen molar-refractivity contribution in [1.29, 1.82) is 0 Å². The lowest BCUT2D eigenvalue weighted by atomic mass is 10.1. The molecular formula is C12H19NO4. The molecule has 3 atom stereocenters. The van der Waals surface area contributed by atoms with Gasteiger partial charge in [-0.1, -0.05) is 13.8 Å². The Labute approximate surface area is 100 Å². The predicted octanol–water partition coefficient (Wildman–Crippen LogP) is 0.326. The first-order valence-corrected chi connectivity index (χ1v) is 5.91. The average Bonchev–Trinajstić information content (AvgIpc) is 2.55. The molecule has 1 amide bonds. The molecule has 0 bridgehead atoms. The van der Waals surface area contributed by atoms with Gasteiger partial charge in [-0.3, -0.25) is 9.59 Å². The first kappa shape index (κ1) is 12.4. The summed E-state index contributed by atoms with van der Waals surface area (Å²) < 4.78 is 0. The Morgan fingerprint density at radius 2 is 1.82 bits per heavy atom. The monoisotopic (exact) mass is 241 g/mol. The minimum absolute atomic E-state index is 0.125. The number of likely N-dealkylation sites (tertiary alicyclic amines) is 1. The molecule has 1 saturated carbocycles. The molecule has 1 aliphatic carbocycles. The van der Waals surface area contributed by atoms with Gasteiger partial charge in [0.25, 0.3) is 0 Å². The first-order chi connectivity index (χ1) is 7.67. The molecule has 0 aromatic heterocycles. The summed E-state index contributed by atoms with van der Waals surface area (Å²) in [5, 5.41) is 18.8. The third kappa shape index (κ3) is 1.92. The normalized spacial score (nSPS) is 39.2. The number of nitrogens with zero attached hydrogens (tertiary/aromatic N) is 1. The molecule has 1 heterocycles. The highest BCUT2D eigenvalue weighted by Gasteiger charge is 2.67. The van der Waals surface area contributed by atoms with Crippen LogP contribution in [0, 0.1) is 17.3 Å². The van der Waals surface area contributed by atoms with Crippen molar-refractivity contribution in [3.05, 3.63) is 0 Å². The van der Waals surface area contributed by atoms with E-state index < -0.39 is 28.8 Å². The van der Waals surface area contributed by atoms with Gasteiger partial charge in [-0.15, -0.1) is 0 Å². The lowest BCUT2D eigenvalue weighted by Crippen LogP contribution is -2.35. The van der Waals surface area contributed by atoms with Gasteiger partial charge >= 0.3 is 5.97 Å². The highest BCUT2D eigenvalue weighted by Crippen LogP contribution is 2.59. The van der Waals surface area contributed by atoms with Crippen LogP contribution >= 0.6 is 0 Å². The largest absolute Gasteiger partial charge is 0.481 e. The van der Waals surface area contributed by atoms with E-state index in [9.17, 15) is 14.7 Å². The summed E-state index contributed by atoms with van der Waals surface area (Å²) >= 11 is 0. The van der Waals surface area contributed by atoms with Gasteiger partial charge in [-0.25, -0.2) is 0 Å². The van der Waals surface area contributed by atoms with E-state index in [0.29, 0.717) is 19.5 Å². The lowest BCUT2D eigenvalue weighted by Gasteiger charge is -2.19. The number of carboxylic acids is 1. The number of aliphatic carboxylic acids is 1. The zero-order chi connectivity index (χ0) is 13.0. The number of hydrogen-bond donors (Lipinski definition) is 2. The molecule has 3 unspecified atom stereocenters. The summed E-state index contributed by atoms with van der Waals surface area (Å²) in [6.07, 6.45) is 0.559. The van der Waals surface area contributed by atoms with Crippen molar-refractivity contribution < 1.29 is 19.8 Å². The van der Waals surface area contributed by atoms with E-state index >= 15 is 0 Å². The second kappa shape index (κ2) is 3.45. The Hall–Kier alpha value is -1.10. The second-order valence-corrected chi connectivity index (χ2v) is 6.12. The summed E-state index contributed by atoms with van der Waals surface area (Å²) in [5.74, 6) is -2.05. The van der Waals surface area contributed by atoms with Crippen molar-refractivity contribution >= 4 is 11.9 Å². The van der Waals surface area contributed by atoms with E-state index in [1.54, 1.807) is 11.8 Å². The molecule has 2 N–H and O–H groups in total. The van der Waals surface area contributed by atoms with Crippen LogP contribution in [0.1, 0.15) is 27.2 Å². The summed E-state index contributed by atoms with van der Waals surface area (Å²) in [6, 6.07) is 0. The van der Waals surface area contributed by atoms with Crippen molar-refractivity contribution in [2.45, 2.75) is 32.8 Å². The van der Waals surface area contributed by atoms with Crippen LogP contribution in [0.2, 0.25) is 0 Å². The van der Waals surface area contributed by atoms with Crippen molar-refractivity contribution in [3.8, 4) is 0 Å². The topological polar surface area (TPSA) is 77.8 Å². The van der Waals surface area contributed by atoms with Gasteiger partial charge < -0.3 is 15.1 Å². The molecule has 0 spiro atoms. The molecule has 0 aromatic carbocycles. The van der Waals surface area contributed by atoms with E-state index in [-0.39, 0.29) is 5.91 Å². The Kier molecular flexibility index (Phi) is 2.51. The third-order valence-corrected chi connectivity index (χ3v) is 4.12. The fraction of sp³-hybridized carbons (Fsp3) is 0.833. The van der Waals surface area contributed by atoms with E-state index in [1.165, 1.54) is 0 Å². The van der Waals surface area contributed by atoms with Crippen molar-refractivity contribution in [1.82, 2.24) is 4.90 Å². The maximum absolute atomic E-state index is 12.2. The number of amides is 1. The molecule has 96 valence electrons. The molecule has 0 radical (unpaired) electrons. The molecule has 5 nitrogen and oxygen atoms in total. The Balaban J connectivity index is 2.06. The Morgan fingerprint density at radius 3 is 2.18 bits per heavy atom. The smallest absolute Gasteiger partial charge is 0.307 e. The maximum Gasteiger partial charge on any atom is 0.307 e. The van der Waals surface area contributed by atoms with Crippen LogP contribution in [0.15, 0.2) is 0 Å². The molecule has 2 fully saturated rings. The van der Waals surface area contributed by atoms with Gasteiger partial charge in [0.15, 0.2) is 0 Å². The zero-order valence-corrected chi connectivity index (χ0v) is 10.4. The van der Waals surface area contributed by atoms with Gasteiger partial charge in [0.2, 0.25) is 5.91 Å². The second-order valence-electron chi connectivity index (χ2n) is 6.12. The number of carbonyl (C=O) groups is 2.